The van der Waals surface area contributed by atoms with Crippen LogP contribution >= 0.6 is 0 Å². The van der Waals surface area contributed by atoms with Gasteiger partial charge in [-0.1, -0.05) is 18.2 Å². The summed E-state index contributed by atoms with van der Waals surface area (Å²) in [6.45, 7) is 5.30. The van der Waals surface area contributed by atoms with Gasteiger partial charge in [-0.05, 0) is 24.4 Å². The Kier molecular flexibility index (Phi) is 4.26. The minimum absolute atomic E-state index is 0.883. The van der Waals surface area contributed by atoms with E-state index < -0.39 is 0 Å². The maximum atomic E-state index is 3.36. The van der Waals surface area contributed by atoms with Crippen molar-refractivity contribution in [1.29, 1.82) is 0 Å². The average molecular weight is 217 g/mol. The van der Waals surface area contributed by atoms with Gasteiger partial charge in [-0.15, -0.1) is 0 Å². The van der Waals surface area contributed by atoms with Crippen molar-refractivity contribution in [1.82, 2.24) is 10.2 Å². The van der Waals surface area contributed by atoms with Crippen molar-refractivity contribution in [3.05, 3.63) is 42.6 Å². The van der Waals surface area contributed by atoms with Gasteiger partial charge in [-0.2, -0.15) is 0 Å². The summed E-state index contributed by atoms with van der Waals surface area (Å²) in [5.74, 6) is 0. The lowest BCUT2D eigenvalue weighted by Crippen LogP contribution is -2.40. The average Bonchev–Trinajstić information content (AvgIpc) is 2.37. The monoisotopic (exact) mass is 217 g/mol. The highest BCUT2D eigenvalue weighted by Gasteiger charge is 2.03. The van der Waals surface area contributed by atoms with E-state index in [4.69, 9.17) is 0 Å². The quantitative estimate of drug-likeness (QED) is 0.800. The Bertz CT molecular complexity index is 315. The molecule has 3 nitrogen and oxygen atoms in total. The maximum Gasteiger partial charge on any atom is 0.0347 e. The molecule has 1 aromatic rings. The van der Waals surface area contributed by atoms with E-state index in [1.165, 1.54) is 5.69 Å². The molecule has 1 aliphatic rings. The number of piperazine rings is 1. The van der Waals surface area contributed by atoms with Gasteiger partial charge in [0.25, 0.3) is 0 Å². The van der Waals surface area contributed by atoms with E-state index in [1.807, 2.05) is 18.2 Å². The first-order chi connectivity index (χ1) is 7.95. The highest BCUT2D eigenvalue weighted by molar-refractivity contribution is 5.42. The van der Waals surface area contributed by atoms with Gasteiger partial charge < -0.3 is 15.5 Å². The Hall–Kier alpha value is -1.48. The number of nitrogens with one attached hydrogen (secondary N) is 2. The molecule has 0 saturated carbocycles. The third-order valence-electron chi connectivity index (χ3n) is 2.67. The number of nitrogens with zero attached hydrogens (tertiary/aromatic N) is 1. The molecule has 1 fully saturated rings. The second-order valence-electron chi connectivity index (χ2n) is 3.92. The molecule has 1 aromatic carbocycles. The largest absolute Gasteiger partial charge is 0.382 e. The number of benzene rings is 1. The van der Waals surface area contributed by atoms with Crippen LogP contribution in [-0.4, -0.2) is 37.6 Å². The summed E-state index contributed by atoms with van der Waals surface area (Å²) >= 11 is 0. The molecular formula is C13H19N3. The summed E-state index contributed by atoms with van der Waals surface area (Å²) in [5, 5.41) is 6.69. The molecule has 16 heavy (non-hydrogen) atoms. The van der Waals surface area contributed by atoms with Crippen LogP contribution in [0.5, 0.6) is 0 Å². The number of anilines is 1. The van der Waals surface area contributed by atoms with Crippen LogP contribution in [0.25, 0.3) is 0 Å². The fraction of sp³-hybridized carbons (Fsp3) is 0.385. The molecular weight excluding hydrogens is 198 g/mol. The molecule has 86 valence electrons. The summed E-state index contributed by atoms with van der Waals surface area (Å²) < 4.78 is 0. The Morgan fingerprint density at radius 1 is 1.19 bits per heavy atom. The first-order valence-corrected chi connectivity index (χ1v) is 5.85. The van der Waals surface area contributed by atoms with Crippen LogP contribution < -0.4 is 10.6 Å². The smallest absolute Gasteiger partial charge is 0.0347 e. The van der Waals surface area contributed by atoms with E-state index in [9.17, 15) is 0 Å². The summed E-state index contributed by atoms with van der Waals surface area (Å²) in [4.78, 5) is 2.35. The lowest BCUT2D eigenvalue weighted by atomic mass is 10.3. The Morgan fingerprint density at radius 2 is 1.94 bits per heavy atom. The van der Waals surface area contributed by atoms with Gasteiger partial charge in [0.1, 0.15) is 0 Å². The molecule has 0 unspecified atom stereocenters. The predicted molar refractivity (Wildman–Crippen MR) is 68.5 cm³/mol. The number of hydrogen-bond donors (Lipinski definition) is 2. The fourth-order valence-electron chi connectivity index (χ4n) is 1.77. The van der Waals surface area contributed by atoms with E-state index in [0.717, 1.165) is 32.7 Å². The molecule has 0 aromatic heterocycles. The van der Waals surface area contributed by atoms with Crippen molar-refractivity contribution < 1.29 is 0 Å². The van der Waals surface area contributed by atoms with Crippen molar-refractivity contribution in [2.24, 2.45) is 0 Å². The molecule has 1 saturated heterocycles. The number of hydrogen-bond acceptors (Lipinski definition) is 3. The molecule has 1 heterocycles. The second kappa shape index (κ2) is 6.18. The van der Waals surface area contributed by atoms with E-state index in [1.54, 1.807) is 0 Å². The van der Waals surface area contributed by atoms with E-state index in [0.29, 0.717) is 0 Å². The zero-order chi connectivity index (χ0) is 11.1. The third-order valence-corrected chi connectivity index (χ3v) is 2.67. The van der Waals surface area contributed by atoms with E-state index in [-0.39, 0.29) is 0 Å². The molecule has 0 atom stereocenters. The topological polar surface area (TPSA) is 27.3 Å². The lowest BCUT2D eigenvalue weighted by molar-refractivity contribution is 0.324. The van der Waals surface area contributed by atoms with Gasteiger partial charge in [-0.25, -0.2) is 0 Å². The highest BCUT2D eigenvalue weighted by Crippen LogP contribution is 2.04. The van der Waals surface area contributed by atoms with Crippen LogP contribution in [-0.2, 0) is 0 Å². The number of rotatable bonds is 4. The maximum absolute atomic E-state index is 3.36. The first-order valence-electron chi connectivity index (χ1n) is 5.85. The SMILES string of the molecule is C(=CN1CCNCC1)CNc1ccccc1. The zero-order valence-corrected chi connectivity index (χ0v) is 9.52. The van der Waals surface area contributed by atoms with E-state index in [2.05, 4.69) is 39.9 Å². The van der Waals surface area contributed by atoms with Crippen LogP contribution in [0.3, 0.4) is 0 Å². The standard InChI is InChI=1S/C13H19N3/c1-2-5-13(6-3-1)15-7-4-10-16-11-8-14-9-12-16/h1-6,10,14-15H,7-9,11-12H2. The van der Waals surface area contributed by atoms with Crippen LogP contribution in [0.2, 0.25) is 0 Å². The summed E-state index contributed by atoms with van der Waals surface area (Å²) in [6.07, 6.45) is 4.37. The summed E-state index contributed by atoms with van der Waals surface area (Å²) in [5.41, 5.74) is 1.17. The minimum atomic E-state index is 0.883. The molecule has 1 aliphatic heterocycles. The molecule has 0 bridgehead atoms. The lowest BCUT2D eigenvalue weighted by Gasteiger charge is -2.25. The van der Waals surface area contributed by atoms with Crippen molar-refractivity contribution in [2.75, 3.05) is 38.0 Å². The van der Waals surface area contributed by atoms with Gasteiger partial charge in [-0.3, -0.25) is 0 Å². The normalized spacial score (nSPS) is 16.6. The predicted octanol–water partition coefficient (Wildman–Crippen LogP) is 1.52. The Morgan fingerprint density at radius 3 is 2.69 bits per heavy atom. The zero-order valence-electron chi connectivity index (χ0n) is 9.52. The molecule has 0 spiro atoms. The fourth-order valence-corrected chi connectivity index (χ4v) is 1.77. The summed E-state index contributed by atoms with van der Waals surface area (Å²) in [6, 6.07) is 10.3. The molecule has 2 rings (SSSR count). The van der Waals surface area contributed by atoms with Crippen LogP contribution in [0.4, 0.5) is 5.69 Å². The first kappa shape index (κ1) is 11.0. The van der Waals surface area contributed by atoms with Crippen LogP contribution in [0.15, 0.2) is 42.6 Å². The molecule has 2 N–H and O–H groups in total. The molecule has 0 amide bonds. The number of para-hydroxylation sites is 1. The Balaban J connectivity index is 1.69. The summed E-state index contributed by atoms with van der Waals surface area (Å²) in [7, 11) is 0. The van der Waals surface area contributed by atoms with Gasteiger partial charge in [0, 0.05) is 38.4 Å². The third kappa shape index (κ3) is 3.59. The van der Waals surface area contributed by atoms with E-state index >= 15 is 0 Å². The van der Waals surface area contributed by atoms with Gasteiger partial charge >= 0.3 is 0 Å². The van der Waals surface area contributed by atoms with Crippen molar-refractivity contribution >= 4 is 5.69 Å². The Labute approximate surface area is 97.2 Å². The van der Waals surface area contributed by atoms with Gasteiger partial charge in [0.05, 0.1) is 0 Å². The van der Waals surface area contributed by atoms with Gasteiger partial charge in [0.15, 0.2) is 0 Å². The van der Waals surface area contributed by atoms with Crippen molar-refractivity contribution in [2.45, 2.75) is 0 Å². The van der Waals surface area contributed by atoms with Gasteiger partial charge in [0.2, 0.25) is 0 Å². The highest BCUT2D eigenvalue weighted by atomic mass is 15.2. The van der Waals surface area contributed by atoms with Crippen LogP contribution in [0.1, 0.15) is 0 Å². The minimum Gasteiger partial charge on any atom is -0.382 e. The molecule has 3 heteroatoms. The second-order valence-corrected chi connectivity index (χ2v) is 3.92. The van der Waals surface area contributed by atoms with Crippen molar-refractivity contribution in [3.63, 3.8) is 0 Å². The molecule has 0 aliphatic carbocycles. The molecule has 0 radical (unpaired) electrons. The van der Waals surface area contributed by atoms with Crippen molar-refractivity contribution in [3.8, 4) is 0 Å². The van der Waals surface area contributed by atoms with Crippen LogP contribution in [0, 0.1) is 0 Å².